The van der Waals surface area contributed by atoms with Crippen LogP contribution in [0.2, 0.25) is 0 Å². The minimum absolute atomic E-state index is 0.411. The van der Waals surface area contributed by atoms with Gasteiger partial charge < -0.3 is 8.60 Å². The number of fused-ring (bicyclic) bond motifs is 7. The van der Waals surface area contributed by atoms with E-state index in [1.807, 2.05) is 48.5 Å². The van der Waals surface area contributed by atoms with Gasteiger partial charge in [0.05, 0.1) is 0 Å². The number of hydrogen-bond donors (Lipinski definition) is 0. The highest BCUT2D eigenvalue weighted by Crippen LogP contribution is 2.45. The van der Waals surface area contributed by atoms with Crippen molar-refractivity contribution in [1.29, 1.82) is 0 Å². The maximum absolute atomic E-state index is 13.0. The first kappa shape index (κ1) is 33.0. The van der Waals surface area contributed by atoms with Crippen LogP contribution in [0.1, 0.15) is 0 Å². The first-order valence-corrected chi connectivity index (χ1v) is 19.0. The van der Waals surface area contributed by atoms with Crippen LogP contribution in [0.3, 0.4) is 0 Å². The topological polar surface area (TPSA) is 56.5 Å². The van der Waals surface area contributed by atoms with E-state index in [2.05, 4.69) is 101 Å². The molecule has 10 aromatic rings. The summed E-state index contributed by atoms with van der Waals surface area (Å²) in [4.78, 5) is 0. The molecule has 1 heterocycles. The molecule has 0 radical (unpaired) electrons. The molecule has 1 aromatic heterocycles. The third-order valence-corrected chi connectivity index (χ3v) is 11.3. The summed E-state index contributed by atoms with van der Waals surface area (Å²) in [5.41, 5.74) is 2.36. The minimum atomic E-state index is -5.79. The molecule has 0 aliphatic carbocycles. The number of para-hydroxylation sites is 1. The summed E-state index contributed by atoms with van der Waals surface area (Å²) in [7, 11) is -5.79. The number of halogens is 3. The van der Waals surface area contributed by atoms with E-state index in [0.29, 0.717) is 5.39 Å². The van der Waals surface area contributed by atoms with Crippen LogP contribution in [-0.4, -0.2) is 13.9 Å². The molecule has 266 valence electrons. The van der Waals surface area contributed by atoms with Gasteiger partial charge in [-0.25, -0.2) is 0 Å². The van der Waals surface area contributed by atoms with Crippen molar-refractivity contribution in [2.75, 3.05) is 0 Å². The van der Waals surface area contributed by atoms with Crippen molar-refractivity contribution in [1.82, 2.24) is 0 Å². The van der Waals surface area contributed by atoms with Crippen LogP contribution in [0.5, 0.6) is 5.75 Å². The Balaban J connectivity index is 1.10. The Morgan fingerprint density at radius 1 is 0.418 bits per heavy atom. The van der Waals surface area contributed by atoms with Crippen LogP contribution in [-0.2, 0) is 10.1 Å². The van der Waals surface area contributed by atoms with Crippen molar-refractivity contribution in [3.05, 3.63) is 164 Å². The number of furan rings is 1. The summed E-state index contributed by atoms with van der Waals surface area (Å²) in [5.74, 6) is -0.411. The summed E-state index contributed by atoms with van der Waals surface area (Å²) in [5, 5.41) is 10.0. The van der Waals surface area contributed by atoms with Gasteiger partial charge in [0.25, 0.3) is 0 Å². The molecule has 0 atom stereocenters. The van der Waals surface area contributed by atoms with Crippen molar-refractivity contribution in [2.24, 2.45) is 0 Å². The molecule has 0 N–H and O–H groups in total. The first-order chi connectivity index (χ1) is 26.6. The predicted molar refractivity (Wildman–Crippen MR) is 216 cm³/mol. The van der Waals surface area contributed by atoms with E-state index >= 15 is 0 Å². The summed E-state index contributed by atoms with van der Waals surface area (Å²) in [6.07, 6.45) is 0. The maximum atomic E-state index is 13.0. The number of rotatable bonds is 5. The molecule has 10 rings (SSSR count). The van der Waals surface area contributed by atoms with Crippen LogP contribution in [0, 0.1) is 0 Å². The van der Waals surface area contributed by atoms with Gasteiger partial charge in [0.2, 0.25) is 0 Å². The highest BCUT2D eigenvalue weighted by molar-refractivity contribution is 7.88. The van der Waals surface area contributed by atoms with Crippen molar-refractivity contribution in [2.45, 2.75) is 5.51 Å². The maximum Gasteiger partial charge on any atom is 0.534 e. The van der Waals surface area contributed by atoms with Crippen molar-refractivity contribution < 1.29 is 30.2 Å². The van der Waals surface area contributed by atoms with E-state index in [4.69, 9.17) is 4.42 Å². The Hall–Kier alpha value is -6.64. The molecular formula is C47H27F3O4S. The van der Waals surface area contributed by atoms with Crippen molar-refractivity contribution in [3.8, 4) is 39.1 Å². The fourth-order valence-corrected chi connectivity index (χ4v) is 8.30. The molecule has 0 fully saturated rings. The van der Waals surface area contributed by atoms with E-state index in [0.717, 1.165) is 93.0 Å². The first-order valence-electron chi connectivity index (χ1n) is 17.6. The largest absolute Gasteiger partial charge is 0.534 e. The molecule has 4 nitrogen and oxygen atoms in total. The molecule has 0 amide bonds. The zero-order valence-corrected chi connectivity index (χ0v) is 29.6. The monoisotopic (exact) mass is 744 g/mol. The standard InChI is InChI=1S/C47H27F3O4S/c48-47(49,50)55(51,52)54-36-21-19-29-14-17-31(24-35(29)26-36)30-16-13-28-15-18-32(25-34(28)23-30)45-38-8-1-3-10-40(38)46(41-11-4-2-9-39(41)45)33-20-22-44-42(27-33)37-7-5-6-12-43(37)53-44/h1-27H. The minimum Gasteiger partial charge on any atom is -0.456 e. The van der Waals surface area contributed by atoms with E-state index in [-0.39, 0.29) is 0 Å². The SMILES string of the molecule is O=S(=O)(Oc1ccc2ccc(-c3ccc4ccc(-c5c6ccccc6c(-c6ccc7oc8ccccc8c7c6)c6ccccc56)cc4c3)cc2c1)C(F)(F)F. The molecule has 0 saturated carbocycles. The van der Waals surface area contributed by atoms with Crippen LogP contribution < -0.4 is 4.18 Å². The van der Waals surface area contributed by atoms with Crippen molar-refractivity contribution in [3.63, 3.8) is 0 Å². The van der Waals surface area contributed by atoms with E-state index in [1.54, 1.807) is 0 Å². The Morgan fingerprint density at radius 2 is 0.855 bits per heavy atom. The summed E-state index contributed by atoms with van der Waals surface area (Å²) in [6, 6.07) is 53.8. The van der Waals surface area contributed by atoms with E-state index in [1.165, 1.54) is 18.2 Å². The molecule has 0 unspecified atom stereocenters. The number of hydrogen-bond acceptors (Lipinski definition) is 4. The Kier molecular flexibility index (Phi) is 7.31. The number of alkyl halides is 3. The molecule has 8 heteroatoms. The molecular weight excluding hydrogens is 718 g/mol. The lowest BCUT2D eigenvalue weighted by molar-refractivity contribution is -0.0500. The fraction of sp³-hybridized carbons (Fsp3) is 0.0213. The lowest BCUT2D eigenvalue weighted by Gasteiger charge is -2.18. The molecule has 0 aliphatic rings. The highest BCUT2D eigenvalue weighted by atomic mass is 32.2. The summed E-state index contributed by atoms with van der Waals surface area (Å²) in [6.45, 7) is 0. The lowest BCUT2D eigenvalue weighted by atomic mass is 9.85. The highest BCUT2D eigenvalue weighted by Gasteiger charge is 2.48. The van der Waals surface area contributed by atoms with Crippen LogP contribution in [0.15, 0.2) is 168 Å². The van der Waals surface area contributed by atoms with Crippen LogP contribution in [0.25, 0.3) is 98.4 Å². The number of benzene rings is 9. The van der Waals surface area contributed by atoms with Gasteiger partial charge in [-0.3, -0.25) is 0 Å². The van der Waals surface area contributed by atoms with Gasteiger partial charge in [-0.15, -0.1) is 0 Å². The second-order valence-corrected chi connectivity index (χ2v) is 15.2. The molecule has 55 heavy (non-hydrogen) atoms. The predicted octanol–water partition coefficient (Wildman–Crippen LogP) is 13.4. The van der Waals surface area contributed by atoms with Gasteiger partial charge >= 0.3 is 15.6 Å². The third-order valence-electron chi connectivity index (χ3n) is 10.4. The quantitative estimate of drug-likeness (QED) is 0.100. The van der Waals surface area contributed by atoms with Gasteiger partial charge in [-0.05, 0) is 125 Å². The average molecular weight is 745 g/mol. The van der Waals surface area contributed by atoms with Gasteiger partial charge in [0.15, 0.2) is 0 Å². The van der Waals surface area contributed by atoms with Gasteiger partial charge in [-0.1, -0.05) is 115 Å². The van der Waals surface area contributed by atoms with E-state index < -0.39 is 21.4 Å². The third kappa shape index (κ3) is 5.48. The Labute approximate surface area is 312 Å². The van der Waals surface area contributed by atoms with Gasteiger partial charge in [0, 0.05) is 10.8 Å². The van der Waals surface area contributed by atoms with Gasteiger partial charge in [0.1, 0.15) is 16.9 Å². The Morgan fingerprint density at radius 3 is 1.44 bits per heavy atom. The van der Waals surface area contributed by atoms with Crippen LogP contribution in [0.4, 0.5) is 13.2 Å². The second kappa shape index (κ2) is 12.2. The average Bonchev–Trinajstić information content (AvgIpc) is 3.56. The zero-order valence-electron chi connectivity index (χ0n) is 28.8. The molecule has 0 spiro atoms. The Bertz CT molecular complexity index is 3250. The second-order valence-electron chi connectivity index (χ2n) is 13.6. The fourth-order valence-electron chi connectivity index (χ4n) is 7.84. The molecule has 0 aliphatic heterocycles. The van der Waals surface area contributed by atoms with Gasteiger partial charge in [-0.2, -0.15) is 21.6 Å². The molecule has 9 aromatic carbocycles. The lowest BCUT2D eigenvalue weighted by Crippen LogP contribution is -2.28. The molecule has 0 saturated heterocycles. The smallest absolute Gasteiger partial charge is 0.456 e. The zero-order chi connectivity index (χ0) is 37.5. The van der Waals surface area contributed by atoms with E-state index in [9.17, 15) is 21.6 Å². The summed E-state index contributed by atoms with van der Waals surface area (Å²) < 4.78 is 72.8. The normalized spacial score (nSPS) is 12.4. The molecule has 0 bridgehead atoms. The van der Waals surface area contributed by atoms with Crippen molar-refractivity contribution >= 4 is 75.1 Å². The van der Waals surface area contributed by atoms with Crippen LogP contribution >= 0.6 is 0 Å². The summed E-state index contributed by atoms with van der Waals surface area (Å²) >= 11 is 0.